The van der Waals surface area contributed by atoms with E-state index in [1.54, 1.807) is 7.11 Å². The van der Waals surface area contributed by atoms with E-state index in [9.17, 15) is 0 Å². The molecule has 0 fully saturated rings. The number of hydrogen-bond donors (Lipinski definition) is 1. The number of anilines is 1. The Bertz CT molecular complexity index is 991. The summed E-state index contributed by atoms with van der Waals surface area (Å²) in [7, 11) is 3.93. The average molecular weight is 377 g/mol. The van der Waals surface area contributed by atoms with Crippen LogP contribution in [0.3, 0.4) is 0 Å². The van der Waals surface area contributed by atoms with Gasteiger partial charge in [-0.3, -0.25) is 4.98 Å². The number of rotatable bonds is 6. The average Bonchev–Trinajstić information content (AvgIpc) is 3.01. The van der Waals surface area contributed by atoms with Crippen molar-refractivity contribution in [1.29, 1.82) is 0 Å². The predicted molar refractivity (Wildman–Crippen MR) is 116 cm³/mol. The van der Waals surface area contributed by atoms with Gasteiger partial charge < -0.3 is 19.5 Å². The molecule has 3 heterocycles. The van der Waals surface area contributed by atoms with Gasteiger partial charge in [0.25, 0.3) is 0 Å². The van der Waals surface area contributed by atoms with Crippen molar-refractivity contribution in [2.24, 2.45) is 0 Å². The van der Waals surface area contributed by atoms with Crippen LogP contribution in [0.1, 0.15) is 23.7 Å². The Balaban J connectivity index is 1.80. The number of benzene rings is 1. The number of methoxy groups -OCH3 is 1. The molecule has 146 valence electrons. The molecule has 4 rings (SSSR count). The molecule has 0 unspecified atom stereocenters. The first-order valence-corrected chi connectivity index (χ1v) is 9.83. The highest BCUT2D eigenvalue weighted by Crippen LogP contribution is 2.33. The predicted octanol–water partition coefficient (Wildman–Crippen LogP) is 4.10. The van der Waals surface area contributed by atoms with Crippen molar-refractivity contribution in [1.82, 2.24) is 14.5 Å². The number of hydrogen-bond acceptors (Lipinski definition) is 4. The molecule has 1 aliphatic heterocycles. The summed E-state index contributed by atoms with van der Waals surface area (Å²) in [4.78, 5) is 6.54. The second-order valence-corrected chi connectivity index (χ2v) is 7.48. The van der Waals surface area contributed by atoms with Crippen molar-refractivity contribution >= 4 is 28.4 Å². The van der Waals surface area contributed by atoms with E-state index in [1.165, 1.54) is 33.3 Å². The lowest BCUT2D eigenvalue weighted by Gasteiger charge is -2.23. The normalized spacial score (nSPS) is 15.0. The highest BCUT2D eigenvalue weighted by molar-refractivity contribution is 5.92. The standard InChI is InChI=1S/C23H28N4O/c1-17(18-6-9-24-10-7-18)15-27-22-5-4-19(25-11-13-28-3)14-20(22)21-16-26(2)12-8-23(21)27/h4-7,9-10,14-15,25H,8,11-13,16H2,1-3H3/b17-15+. The number of fused-ring (bicyclic) bond motifs is 3. The van der Waals surface area contributed by atoms with Crippen molar-refractivity contribution in [2.75, 3.05) is 39.2 Å². The topological polar surface area (TPSA) is 42.3 Å². The highest BCUT2D eigenvalue weighted by atomic mass is 16.5. The number of nitrogens with zero attached hydrogens (tertiary/aromatic N) is 3. The minimum Gasteiger partial charge on any atom is -0.383 e. The minimum absolute atomic E-state index is 0.702. The maximum atomic E-state index is 5.16. The maximum absolute atomic E-state index is 5.16. The van der Waals surface area contributed by atoms with Crippen LogP contribution >= 0.6 is 0 Å². The third-order valence-electron chi connectivity index (χ3n) is 5.47. The van der Waals surface area contributed by atoms with E-state index >= 15 is 0 Å². The summed E-state index contributed by atoms with van der Waals surface area (Å²) in [5.41, 5.74) is 7.73. The van der Waals surface area contributed by atoms with Crippen LogP contribution in [0.2, 0.25) is 0 Å². The zero-order valence-electron chi connectivity index (χ0n) is 16.9. The fourth-order valence-corrected chi connectivity index (χ4v) is 3.97. The Morgan fingerprint density at radius 3 is 2.86 bits per heavy atom. The quantitative estimate of drug-likeness (QED) is 0.658. The number of nitrogens with one attached hydrogen (secondary N) is 1. The van der Waals surface area contributed by atoms with E-state index in [-0.39, 0.29) is 0 Å². The van der Waals surface area contributed by atoms with E-state index in [0.29, 0.717) is 6.61 Å². The number of ether oxygens (including phenoxy) is 1. The zero-order chi connectivity index (χ0) is 19.5. The smallest absolute Gasteiger partial charge is 0.0635 e. The first-order chi connectivity index (χ1) is 13.7. The van der Waals surface area contributed by atoms with Gasteiger partial charge in [0.1, 0.15) is 0 Å². The number of allylic oxidation sites excluding steroid dienone is 1. The number of pyridine rings is 1. The molecule has 28 heavy (non-hydrogen) atoms. The summed E-state index contributed by atoms with van der Waals surface area (Å²) in [5, 5.41) is 4.80. The van der Waals surface area contributed by atoms with Crippen LogP contribution in [0.25, 0.3) is 22.7 Å². The Labute approximate surface area is 166 Å². The summed E-state index contributed by atoms with van der Waals surface area (Å²) < 4.78 is 7.56. The van der Waals surface area contributed by atoms with E-state index in [0.717, 1.165) is 31.7 Å². The molecule has 1 aliphatic rings. The molecular formula is C23H28N4O. The second kappa shape index (κ2) is 8.17. The van der Waals surface area contributed by atoms with Gasteiger partial charge in [-0.1, -0.05) is 0 Å². The van der Waals surface area contributed by atoms with E-state index in [2.05, 4.69) is 70.3 Å². The first-order valence-electron chi connectivity index (χ1n) is 9.83. The first kappa shape index (κ1) is 18.7. The molecule has 3 aromatic rings. The Kier molecular flexibility index (Phi) is 5.46. The molecule has 5 nitrogen and oxygen atoms in total. The molecule has 2 aromatic heterocycles. The van der Waals surface area contributed by atoms with Crippen molar-refractivity contribution < 1.29 is 4.74 Å². The van der Waals surface area contributed by atoms with Crippen LogP contribution in [0, 0.1) is 0 Å². The zero-order valence-corrected chi connectivity index (χ0v) is 16.9. The third-order valence-corrected chi connectivity index (χ3v) is 5.47. The third kappa shape index (κ3) is 3.68. The fraction of sp³-hybridized carbons (Fsp3) is 0.348. The molecule has 5 heteroatoms. The molecule has 0 spiro atoms. The van der Waals surface area contributed by atoms with Gasteiger partial charge in [-0.2, -0.15) is 0 Å². The lowest BCUT2D eigenvalue weighted by atomic mass is 10.0. The van der Waals surface area contributed by atoms with Crippen LogP contribution in [0.15, 0.2) is 42.7 Å². The van der Waals surface area contributed by atoms with Gasteiger partial charge in [0, 0.05) is 68.5 Å². The molecule has 0 aliphatic carbocycles. The number of aromatic nitrogens is 2. The molecule has 1 N–H and O–H groups in total. The summed E-state index contributed by atoms with van der Waals surface area (Å²) >= 11 is 0. The minimum atomic E-state index is 0.702. The Morgan fingerprint density at radius 1 is 1.25 bits per heavy atom. The molecule has 0 atom stereocenters. The summed E-state index contributed by atoms with van der Waals surface area (Å²) in [6.07, 6.45) is 7.04. The summed E-state index contributed by atoms with van der Waals surface area (Å²) in [6.45, 7) is 5.76. The van der Waals surface area contributed by atoms with Gasteiger partial charge in [0.2, 0.25) is 0 Å². The molecule has 0 amide bonds. The Hall–Kier alpha value is -2.63. The van der Waals surface area contributed by atoms with Gasteiger partial charge in [0.15, 0.2) is 0 Å². The van der Waals surface area contributed by atoms with Crippen LogP contribution in [0.4, 0.5) is 5.69 Å². The van der Waals surface area contributed by atoms with Gasteiger partial charge in [-0.05, 0) is 61.0 Å². The summed E-state index contributed by atoms with van der Waals surface area (Å²) in [5.74, 6) is 0. The lowest BCUT2D eigenvalue weighted by Crippen LogP contribution is -2.26. The van der Waals surface area contributed by atoms with Gasteiger partial charge in [0.05, 0.1) is 12.1 Å². The largest absolute Gasteiger partial charge is 0.383 e. The van der Waals surface area contributed by atoms with Crippen molar-refractivity contribution in [3.63, 3.8) is 0 Å². The molecular weight excluding hydrogens is 348 g/mol. The van der Waals surface area contributed by atoms with Crippen molar-refractivity contribution in [2.45, 2.75) is 19.9 Å². The SMILES string of the molecule is COCCNc1ccc2c(c1)c1c(n2/C=C(\C)c2ccncc2)CCN(C)C1. The van der Waals surface area contributed by atoms with Gasteiger partial charge >= 0.3 is 0 Å². The number of likely N-dealkylation sites (N-methyl/N-ethyl adjacent to an activating group) is 1. The molecule has 1 aromatic carbocycles. The molecule has 0 radical (unpaired) electrons. The molecule has 0 bridgehead atoms. The Morgan fingerprint density at radius 2 is 2.07 bits per heavy atom. The van der Waals surface area contributed by atoms with Crippen LogP contribution in [0.5, 0.6) is 0 Å². The van der Waals surface area contributed by atoms with E-state index in [1.807, 2.05) is 12.4 Å². The fourth-order valence-electron chi connectivity index (χ4n) is 3.97. The van der Waals surface area contributed by atoms with Gasteiger partial charge in [-0.25, -0.2) is 0 Å². The van der Waals surface area contributed by atoms with Crippen LogP contribution in [-0.4, -0.2) is 48.3 Å². The van der Waals surface area contributed by atoms with Crippen molar-refractivity contribution in [3.05, 3.63) is 59.5 Å². The van der Waals surface area contributed by atoms with Crippen molar-refractivity contribution in [3.8, 4) is 0 Å². The summed E-state index contributed by atoms with van der Waals surface area (Å²) in [6, 6.07) is 10.8. The van der Waals surface area contributed by atoms with Gasteiger partial charge in [-0.15, -0.1) is 0 Å². The second-order valence-electron chi connectivity index (χ2n) is 7.48. The van der Waals surface area contributed by atoms with E-state index in [4.69, 9.17) is 4.74 Å². The van der Waals surface area contributed by atoms with E-state index < -0.39 is 0 Å². The molecule has 0 saturated carbocycles. The maximum Gasteiger partial charge on any atom is 0.0635 e. The van der Waals surface area contributed by atoms with Crippen LogP contribution in [-0.2, 0) is 17.7 Å². The monoisotopic (exact) mass is 376 g/mol. The lowest BCUT2D eigenvalue weighted by molar-refractivity contribution is 0.211. The highest BCUT2D eigenvalue weighted by Gasteiger charge is 2.22. The van der Waals surface area contributed by atoms with Crippen LogP contribution < -0.4 is 5.32 Å². The molecule has 0 saturated heterocycles.